The van der Waals surface area contributed by atoms with Crippen molar-refractivity contribution < 1.29 is 4.79 Å². The highest BCUT2D eigenvalue weighted by Crippen LogP contribution is 2.35. The van der Waals surface area contributed by atoms with Crippen LogP contribution in [0.2, 0.25) is 0 Å². The van der Waals surface area contributed by atoms with Gasteiger partial charge in [-0.25, -0.2) is 0 Å². The van der Waals surface area contributed by atoms with E-state index in [1.54, 1.807) is 0 Å². The molecule has 0 saturated carbocycles. The zero-order chi connectivity index (χ0) is 12.7. The Kier molecular flexibility index (Phi) is 3.16. The number of carbonyl (C=O) groups is 1. The number of carbonyl (C=O) groups excluding carboxylic acids is 1. The van der Waals surface area contributed by atoms with Gasteiger partial charge in [-0.1, -0.05) is 22.0 Å². The highest BCUT2D eigenvalue weighted by Gasteiger charge is 2.34. The van der Waals surface area contributed by atoms with Gasteiger partial charge >= 0.3 is 0 Å². The molecule has 1 fully saturated rings. The van der Waals surface area contributed by atoms with Crippen molar-refractivity contribution in [2.24, 2.45) is 0 Å². The minimum Gasteiger partial charge on any atom is -0.309 e. The molecule has 3 rings (SSSR count). The molecule has 0 aromatic heterocycles. The van der Waals surface area contributed by atoms with Gasteiger partial charge in [0.2, 0.25) is 5.91 Å². The molecule has 2 heterocycles. The van der Waals surface area contributed by atoms with E-state index in [1.165, 1.54) is 5.56 Å². The fourth-order valence-corrected chi connectivity index (χ4v) is 3.30. The summed E-state index contributed by atoms with van der Waals surface area (Å²) in [5, 5.41) is 0. The lowest BCUT2D eigenvalue weighted by molar-refractivity contribution is -0.118. The van der Waals surface area contributed by atoms with Crippen LogP contribution < -0.4 is 4.90 Å². The highest BCUT2D eigenvalue weighted by atomic mass is 79.9. The van der Waals surface area contributed by atoms with E-state index < -0.39 is 0 Å². The van der Waals surface area contributed by atoms with Crippen molar-refractivity contribution in [1.29, 1.82) is 0 Å². The molecule has 0 atom stereocenters. The molecule has 0 aliphatic carbocycles. The average molecular weight is 309 g/mol. The minimum absolute atomic E-state index is 0.262. The first-order chi connectivity index (χ1) is 8.65. The number of benzene rings is 1. The van der Waals surface area contributed by atoms with Gasteiger partial charge in [-0.15, -0.1) is 0 Å². The topological polar surface area (TPSA) is 23.6 Å². The van der Waals surface area contributed by atoms with Crippen molar-refractivity contribution in [3.05, 3.63) is 28.2 Å². The van der Waals surface area contributed by atoms with Crippen molar-refractivity contribution >= 4 is 27.5 Å². The molecule has 18 heavy (non-hydrogen) atoms. The first-order valence-electron chi connectivity index (χ1n) is 6.44. The van der Waals surface area contributed by atoms with Crippen LogP contribution in [0.3, 0.4) is 0 Å². The summed E-state index contributed by atoms with van der Waals surface area (Å²) in [5.41, 5.74) is 2.28. The van der Waals surface area contributed by atoms with E-state index in [1.807, 2.05) is 11.0 Å². The summed E-state index contributed by atoms with van der Waals surface area (Å²) in [6.45, 7) is 2.16. The first kappa shape index (κ1) is 12.2. The van der Waals surface area contributed by atoms with Crippen molar-refractivity contribution in [2.45, 2.75) is 25.3 Å². The summed E-state index contributed by atoms with van der Waals surface area (Å²) in [7, 11) is 2.15. The number of nitrogens with zero attached hydrogens (tertiary/aromatic N) is 2. The maximum absolute atomic E-state index is 12.2. The van der Waals surface area contributed by atoms with Crippen LogP contribution in [0.4, 0.5) is 5.69 Å². The molecule has 0 bridgehead atoms. The van der Waals surface area contributed by atoms with Crippen molar-refractivity contribution in [3.63, 3.8) is 0 Å². The third-order valence-corrected chi connectivity index (χ3v) is 4.46. The largest absolute Gasteiger partial charge is 0.309 e. The first-order valence-corrected chi connectivity index (χ1v) is 7.23. The Morgan fingerprint density at radius 2 is 2.00 bits per heavy atom. The number of fused-ring (bicyclic) bond motifs is 1. The van der Waals surface area contributed by atoms with Crippen LogP contribution in [0.25, 0.3) is 0 Å². The zero-order valence-corrected chi connectivity index (χ0v) is 12.1. The molecule has 3 nitrogen and oxygen atoms in total. The summed E-state index contributed by atoms with van der Waals surface area (Å²) in [4.78, 5) is 16.6. The maximum atomic E-state index is 12.2. The molecule has 2 aliphatic heterocycles. The van der Waals surface area contributed by atoms with Gasteiger partial charge in [0, 0.05) is 16.2 Å². The third kappa shape index (κ3) is 2.08. The average Bonchev–Trinajstić information content (AvgIpc) is 2.66. The zero-order valence-electron chi connectivity index (χ0n) is 10.5. The molecule has 1 saturated heterocycles. The van der Waals surface area contributed by atoms with E-state index >= 15 is 0 Å². The Morgan fingerprint density at radius 1 is 1.28 bits per heavy atom. The minimum atomic E-state index is 0.262. The van der Waals surface area contributed by atoms with E-state index in [0.29, 0.717) is 12.5 Å². The second-order valence-electron chi connectivity index (χ2n) is 5.25. The number of halogens is 1. The predicted octanol–water partition coefficient (Wildman–Crippen LogP) is 2.43. The summed E-state index contributed by atoms with van der Waals surface area (Å²) < 4.78 is 1.05. The lowest BCUT2D eigenvalue weighted by Crippen LogP contribution is -2.45. The number of anilines is 1. The summed E-state index contributed by atoms with van der Waals surface area (Å²) >= 11 is 3.50. The Balaban J connectivity index is 1.89. The van der Waals surface area contributed by atoms with Crippen molar-refractivity contribution in [2.75, 3.05) is 25.0 Å². The Morgan fingerprint density at radius 3 is 2.72 bits per heavy atom. The van der Waals surface area contributed by atoms with Gasteiger partial charge in [0.25, 0.3) is 0 Å². The second kappa shape index (κ2) is 4.67. The molecule has 4 heteroatoms. The van der Waals surface area contributed by atoms with Crippen LogP contribution in [0.1, 0.15) is 18.4 Å². The van der Waals surface area contributed by atoms with E-state index in [-0.39, 0.29) is 5.91 Å². The van der Waals surface area contributed by atoms with Gasteiger partial charge in [0.1, 0.15) is 0 Å². The molecular formula is C14H17BrN2O. The normalized spacial score (nSPS) is 21.4. The molecule has 96 valence electrons. The summed E-state index contributed by atoms with van der Waals surface area (Å²) in [6, 6.07) is 6.54. The SMILES string of the molecule is CN1CCC(N2C(=O)Cc3ccc(Br)cc32)CC1. The second-order valence-corrected chi connectivity index (χ2v) is 6.16. The number of hydrogen-bond acceptors (Lipinski definition) is 2. The van der Waals surface area contributed by atoms with Crippen LogP contribution in [0, 0.1) is 0 Å². The van der Waals surface area contributed by atoms with Gasteiger partial charge in [-0.2, -0.15) is 0 Å². The van der Waals surface area contributed by atoms with Crippen LogP contribution in [-0.4, -0.2) is 37.0 Å². The van der Waals surface area contributed by atoms with E-state index in [2.05, 4.69) is 40.0 Å². The highest BCUT2D eigenvalue weighted by molar-refractivity contribution is 9.10. The molecule has 1 aromatic rings. The Labute approximate surface area is 116 Å². The number of likely N-dealkylation sites (tertiary alicyclic amines) is 1. The summed E-state index contributed by atoms with van der Waals surface area (Å²) in [5.74, 6) is 0.262. The lowest BCUT2D eigenvalue weighted by atomic mass is 10.0. The van der Waals surface area contributed by atoms with Crippen molar-refractivity contribution in [1.82, 2.24) is 4.90 Å². The van der Waals surface area contributed by atoms with Crippen LogP contribution in [0.5, 0.6) is 0 Å². The van der Waals surface area contributed by atoms with Gasteiger partial charge < -0.3 is 9.80 Å². The lowest BCUT2D eigenvalue weighted by Gasteiger charge is -2.35. The van der Waals surface area contributed by atoms with Crippen LogP contribution in [-0.2, 0) is 11.2 Å². The van der Waals surface area contributed by atoms with E-state index in [4.69, 9.17) is 0 Å². The molecule has 2 aliphatic rings. The smallest absolute Gasteiger partial charge is 0.231 e. The van der Waals surface area contributed by atoms with Crippen molar-refractivity contribution in [3.8, 4) is 0 Å². The predicted molar refractivity (Wildman–Crippen MR) is 75.9 cm³/mol. The molecule has 0 radical (unpaired) electrons. The van der Waals surface area contributed by atoms with Crippen LogP contribution >= 0.6 is 15.9 Å². The summed E-state index contributed by atoms with van der Waals surface area (Å²) in [6.07, 6.45) is 2.72. The fraction of sp³-hybridized carbons (Fsp3) is 0.500. The molecule has 1 amide bonds. The third-order valence-electron chi connectivity index (χ3n) is 3.97. The quantitative estimate of drug-likeness (QED) is 0.795. The van der Waals surface area contributed by atoms with Gasteiger partial charge in [0.05, 0.1) is 6.42 Å². The molecule has 0 unspecified atom stereocenters. The maximum Gasteiger partial charge on any atom is 0.231 e. The Bertz CT molecular complexity index is 481. The standard InChI is InChI=1S/C14H17BrN2O/c1-16-6-4-12(5-7-16)17-13-9-11(15)3-2-10(13)8-14(17)18/h2-3,9,12H,4-8H2,1H3. The molecular weight excluding hydrogens is 292 g/mol. The number of rotatable bonds is 1. The number of piperidine rings is 1. The molecule has 1 aromatic carbocycles. The van der Waals surface area contributed by atoms with E-state index in [9.17, 15) is 4.79 Å². The molecule has 0 spiro atoms. The van der Waals surface area contributed by atoms with Crippen LogP contribution in [0.15, 0.2) is 22.7 Å². The van der Waals surface area contributed by atoms with Gasteiger partial charge in [-0.3, -0.25) is 4.79 Å². The number of amides is 1. The monoisotopic (exact) mass is 308 g/mol. The molecule has 0 N–H and O–H groups in total. The van der Waals surface area contributed by atoms with Gasteiger partial charge in [-0.05, 0) is 50.7 Å². The number of hydrogen-bond donors (Lipinski definition) is 0. The Hall–Kier alpha value is -0.870. The van der Waals surface area contributed by atoms with Gasteiger partial charge in [0.15, 0.2) is 0 Å². The van der Waals surface area contributed by atoms with E-state index in [0.717, 1.165) is 36.1 Å². The fourth-order valence-electron chi connectivity index (χ4n) is 2.95.